The van der Waals surface area contributed by atoms with Crippen molar-refractivity contribution in [2.24, 2.45) is 0 Å². The Labute approximate surface area is 133 Å². The summed E-state index contributed by atoms with van der Waals surface area (Å²) in [6.45, 7) is 0. The van der Waals surface area contributed by atoms with E-state index >= 15 is 0 Å². The molecule has 5 heteroatoms. The molecule has 22 heavy (non-hydrogen) atoms. The predicted molar refractivity (Wildman–Crippen MR) is 87.3 cm³/mol. The van der Waals surface area contributed by atoms with Gasteiger partial charge in [0.25, 0.3) is 0 Å². The Morgan fingerprint density at radius 1 is 1.09 bits per heavy atom. The van der Waals surface area contributed by atoms with E-state index in [1.807, 2.05) is 47.2 Å². The molecule has 0 aliphatic rings. The number of aromatic nitrogens is 2. The Morgan fingerprint density at radius 3 is 2.45 bits per heavy atom. The van der Waals surface area contributed by atoms with Crippen LogP contribution in [0.2, 0.25) is 5.02 Å². The summed E-state index contributed by atoms with van der Waals surface area (Å²) in [5.74, 6) is -0.0577. The normalized spacial score (nSPS) is 10.4. The quantitative estimate of drug-likeness (QED) is 0.798. The highest BCUT2D eigenvalue weighted by atomic mass is 35.5. The Hall–Kier alpha value is -2.59. The zero-order chi connectivity index (χ0) is 15.4. The third kappa shape index (κ3) is 3.54. The van der Waals surface area contributed by atoms with E-state index in [0.29, 0.717) is 11.4 Å². The van der Waals surface area contributed by atoms with Crippen molar-refractivity contribution < 1.29 is 4.79 Å². The number of hydrogen-bond acceptors (Lipinski definition) is 2. The first kappa shape index (κ1) is 14.4. The minimum absolute atomic E-state index is 0.0577. The molecule has 1 amide bonds. The van der Waals surface area contributed by atoms with Crippen molar-refractivity contribution in [2.75, 3.05) is 5.32 Å². The van der Waals surface area contributed by atoms with Crippen molar-refractivity contribution in [2.45, 2.75) is 6.42 Å². The van der Waals surface area contributed by atoms with Gasteiger partial charge in [-0.15, -0.1) is 0 Å². The number of carbonyl (C=O) groups is 1. The van der Waals surface area contributed by atoms with Crippen molar-refractivity contribution in [3.8, 4) is 5.69 Å². The highest BCUT2D eigenvalue weighted by molar-refractivity contribution is 6.30. The fourth-order valence-corrected chi connectivity index (χ4v) is 2.25. The molecule has 0 saturated carbocycles. The smallest absolute Gasteiger partial charge is 0.228 e. The van der Waals surface area contributed by atoms with Crippen LogP contribution >= 0.6 is 11.6 Å². The first-order chi connectivity index (χ1) is 10.7. The summed E-state index contributed by atoms with van der Waals surface area (Å²) in [5, 5.41) is 3.55. The molecule has 110 valence electrons. The van der Waals surface area contributed by atoms with E-state index < -0.39 is 0 Å². The van der Waals surface area contributed by atoms with Gasteiger partial charge in [0.05, 0.1) is 12.7 Å². The number of hydrogen-bond donors (Lipinski definition) is 1. The van der Waals surface area contributed by atoms with E-state index in [4.69, 9.17) is 11.6 Å². The Kier molecular flexibility index (Phi) is 4.21. The summed E-state index contributed by atoms with van der Waals surface area (Å²) in [7, 11) is 0. The van der Waals surface area contributed by atoms with Crippen LogP contribution in [0, 0.1) is 0 Å². The average Bonchev–Trinajstić information content (AvgIpc) is 3.05. The van der Waals surface area contributed by atoms with E-state index in [1.165, 1.54) is 0 Å². The minimum Gasteiger partial charge on any atom is -0.326 e. The van der Waals surface area contributed by atoms with Crippen molar-refractivity contribution in [3.63, 3.8) is 0 Å². The molecule has 0 radical (unpaired) electrons. The van der Waals surface area contributed by atoms with Crippen LogP contribution in [-0.4, -0.2) is 15.5 Å². The third-order valence-corrected chi connectivity index (χ3v) is 3.48. The van der Waals surface area contributed by atoms with Crippen LogP contribution < -0.4 is 5.32 Å². The van der Waals surface area contributed by atoms with Crippen molar-refractivity contribution in [1.29, 1.82) is 0 Å². The van der Waals surface area contributed by atoms with Gasteiger partial charge in [-0.25, -0.2) is 4.98 Å². The van der Waals surface area contributed by atoms with Crippen LogP contribution in [0.25, 0.3) is 5.69 Å². The van der Waals surface area contributed by atoms with Gasteiger partial charge in [0, 0.05) is 28.8 Å². The van der Waals surface area contributed by atoms with Crippen molar-refractivity contribution >= 4 is 23.2 Å². The maximum Gasteiger partial charge on any atom is 0.228 e. The van der Waals surface area contributed by atoms with Crippen LogP contribution in [0.5, 0.6) is 0 Å². The predicted octanol–water partition coefficient (Wildman–Crippen LogP) is 3.71. The van der Waals surface area contributed by atoms with Gasteiger partial charge in [-0.3, -0.25) is 4.79 Å². The summed E-state index contributed by atoms with van der Waals surface area (Å²) >= 11 is 5.83. The molecule has 4 nitrogen and oxygen atoms in total. The van der Waals surface area contributed by atoms with E-state index in [0.717, 1.165) is 16.9 Å². The van der Waals surface area contributed by atoms with Gasteiger partial charge in [-0.1, -0.05) is 23.7 Å². The van der Waals surface area contributed by atoms with Crippen LogP contribution in [0.4, 0.5) is 5.69 Å². The van der Waals surface area contributed by atoms with E-state index in [-0.39, 0.29) is 5.91 Å². The highest BCUT2D eigenvalue weighted by Crippen LogP contribution is 2.14. The number of benzene rings is 2. The fraction of sp³-hybridized carbons (Fsp3) is 0.0588. The Bertz CT molecular complexity index is 750. The number of anilines is 1. The molecule has 0 saturated heterocycles. The van der Waals surface area contributed by atoms with Gasteiger partial charge in [0.1, 0.15) is 0 Å². The number of carbonyl (C=O) groups excluding carboxylic acids is 1. The van der Waals surface area contributed by atoms with Crippen LogP contribution in [0.3, 0.4) is 0 Å². The minimum atomic E-state index is -0.0577. The first-order valence-electron chi connectivity index (χ1n) is 6.83. The van der Waals surface area contributed by atoms with Gasteiger partial charge in [0.15, 0.2) is 0 Å². The number of rotatable bonds is 4. The van der Waals surface area contributed by atoms with Crippen LogP contribution in [0.15, 0.2) is 67.3 Å². The van der Waals surface area contributed by atoms with Gasteiger partial charge in [-0.05, 0) is 42.0 Å². The SMILES string of the molecule is O=C(Cc1ccc(Cl)cc1)Nc1ccc(-n2ccnc2)cc1. The number of nitrogens with one attached hydrogen (secondary N) is 1. The lowest BCUT2D eigenvalue weighted by Crippen LogP contribution is -2.14. The lowest BCUT2D eigenvalue weighted by atomic mass is 10.1. The van der Waals surface area contributed by atoms with Crippen LogP contribution in [0.1, 0.15) is 5.56 Å². The third-order valence-electron chi connectivity index (χ3n) is 3.23. The zero-order valence-electron chi connectivity index (χ0n) is 11.7. The van der Waals surface area contributed by atoms with Crippen molar-refractivity contribution in [3.05, 3.63) is 77.8 Å². The standard InChI is InChI=1S/C17H14ClN3O/c18-14-3-1-13(2-4-14)11-17(22)20-15-5-7-16(8-6-15)21-10-9-19-12-21/h1-10,12H,11H2,(H,20,22). The Morgan fingerprint density at radius 2 is 1.82 bits per heavy atom. The molecule has 0 fully saturated rings. The first-order valence-corrected chi connectivity index (χ1v) is 7.21. The lowest BCUT2D eigenvalue weighted by molar-refractivity contribution is -0.115. The van der Waals surface area contributed by atoms with Crippen molar-refractivity contribution in [1.82, 2.24) is 9.55 Å². The van der Waals surface area contributed by atoms with Crippen LogP contribution in [-0.2, 0) is 11.2 Å². The molecule has 0 spiro atoms. The molecular weight excluding hydrogens is 298 g/mol. The Balaban J connectivity index is 1.63. The summed E-state index contributed by atoms with van der Waals surface area (Å²) in [6, 6.07) is 14.9. The number of imidazole rings is 1. The monoisotopic (exact) mass is 311 g/mol. The maximum absolute atomic E-state index is 12.0. The molecule has 1 heterocycles. The fourth-order valence-electron chi connectivity index (χ4n) is 2.12. The van der Waals surface area contributed by atoms with E-state index in [2.05, 4.69) is 10.3 Å². The summed E-state index contributed by atoms with van der Waals surface area (Å²) in [4.78, 5) is 16.0. The largest absolute Gasteiger partial charge is 0.326 e. The molecule has 0 unspecified atom stereocenters. The highest BCUT2D eigenvalue weighted by Gasteiger charge is 2.04. The molecule has 3 rings (SSSR count). The van der Waals surface area contributed by atoms with E-state index in [9.17, 15) is 4.79 Å². The molecular formula is C17H14ClN3O. The summed E-state index contributed by atoms with van der Waals surface area (Å²) in [5.41, 5.74) is 2.69. The molecule has 1 aromatic heterocycles. The summed E-state index contributed by atoms with van der Waals surface area (Å²) in [6.07, 6.45) is 5.64. The van der Waals surface area contributed by atoms with Gasteiger partial charge in [0.2, 0.25) is 5.91 Å². The number of nitrogens with zero attached hydrogens (tertiary/aromatic N) is 2. The molecule has 0 aliphatic heterocycles. The molecule has 0 atom stereocenters. The van der Waals surface area contributed by atoms with Gasteiger partial charge >= 0.3 is 0 Å². The average molecular weight is 312 g/mol. The molecule has 0 aliphatic carbocycles. The topological polar surface area (TPSA) is 46.9 Å². The summed E-state index contributed by atoms with van der Waals surface area (Å²) < 4.78 is 1.90. The second kappa shape index (κ2) is 6.45. The molecule has 1 N–H and O–H groups in total. The maximum atomic E-state index is 12.0. The molecule has 2 aromatic carbocycles. The van der Waals surface area contributed by atoms with Gasteiger partial charge in [-0.2, -0.15) is 0 Å². The zero-order valence-corrected chi connectivity index (χ0v) is 12.5. The number of amides is 1. The lowest BCUT2D eigenvalue weighted by Gasteiger charge is -2.07. The molecule has 0 bridgehead atoms. The molecule has 3 aromatic rings. The number of halogens is 1. The second-order valence-corrected chi connectivity index (χ2v) is 5.30. The van der Waals surface area contributed by atoms with Gasteiger partial charge < -0.3 is 9.88 Å². The second-order valence-electron chi connectivity index (χ2n) is 4.87. The van der Waals surface area contributed by atoms with E-state index in [1.54, 1.807) is 24.7 Å².